The number of fused-ring (bicyclic) bond motifs is 2. The summed E-state index contributed by atoms with van der Waals surface area (Å²) in [5.41, 5.74) is 3.01. The Kier molecular flexibility index (Phi) is 4.86. The van der Waals surface area contributed by atoms with E-state index in [9.17, 15) is 9.18 Å². The molecule has 2 aliphatic carbocycles. The molecule has 32 heavy (non-hydrogen) atoms. The SMILES string of the molecule is Cn1cnc2ncn(Cc3ncno3)c(=O)c21.N#Cc1ccc(C2=C[C@@H]3C[C@@H]3C2)cc1F. The number of rotatable bonds is 3. The molecule has 1 fully saturated rings. The number of aromatic nitrogens is 6. The first-order chi connectivity index (χ1) is 15.5. The molecule has 0 unspecified atom stereocenters. The molecule has 2 atom stereocenters. The number of aryl methyl sites for hydroxylation is 1. The Balaban J connectivity index is 0.000000136. The lowest BCUT2D eigenvalue weighted by molar-refractivity contribution is 0.368. The molecule has 0 aliphatic heterocycles. The van der Waals surface area contributed by atoms with Gasteiger partial charge in [-0.15, -0.1) is 0 Å². The van der Waals surface area contributed by atoms with Crippen molar-refractivity contribution in [3.8, 4) is 6.07 Å². The molecule has 0 saturated heterocycles. The smallest absolute Gasteiger partial charge is 0.280 e. The molecule has 10 heteroatoms. The summed E-state index contributed by atoms with van der Waals surface area (Å²) in [7, 11) is 1.75. The van der Waals surface area contributed by atoms with Crippen LogP contribution in [0.4, 0.5) is 4.39 Å². The van der Waals surface area contributed by atoms with Gasteiger partial charge in [0, 0.05) is 7.05 Å². The largest absolute Gasteiger partial charge is 0.338 e. The quantitative estimate of drug-likeness (QED) is 0.490. The molecule has 0 bridgehead atoms. The van der Waals surface area contributed by atoms with Gasteiger partial charge in [-0.2, -0.15) is 10.2 Å². The van der Waals surface area contributed by atoms with Crippen LogP contribution in [0.1, 0.15) is 29.9 Å². The number of nitriles is 1. The first-order valence-electron chi connectivity index (χ1n) is 10.1. The van der Waals surface area contributed by atoms with Crippen molar-refractivity contribution in [1.29, 1.82) is 5.26 Å². The molecule has 0 N–H and O–H groups in total. The highest BCUT2D eigenvalue weighted by Crippen LogP contribution is 2.52. The normalized spacial score (nSPS) is 18.5. The fraction of sp³-hybridized carbons (Fsp3) is 0.273. The second-order valence-electron chi connectivity index (χ2n) is 7.90. The van der Waals surface area contributed by atoms with E-state index in [-0.39, 0.29) is 17.7 Å². The molecule has 3 aromatic heterocycles. The van der Waals surface area contributed by atoms with Crippen LogP contribution < -0.4 is 5.56 Å². The van der Waals surface area contributed by atoms with E-state index >= 15 is 0 Å². The van der Waals surface area contributed by atoms with Crippen molar-refractivity contribution >= 4 is 16.7 Å². The summed E-state index contributed by atoms with van der Waals surface area (Å²) < 4.78 is 21.2. The van der Waals surface area contributed by atoms with Gasteiger partial charge in [0.2, 0.25) is 5.89 Å². The van der Waals surface area contributed by atoms with Crippen LogP contribution in [0.2, 0.25) is 0 Å². The second-order valence-corrected chi connectivity index (χ2v) is 7.90. The first-order valence-corrected chi connectivity index (χ1v) is 10.1. The molecule has 6 rings (SSSR count). The van der Waals surface area contributed by atoms with Crippen LogP contribution in [-0.4, -0.2) is 29.2 Å². The van der Waals surface area contributed by atoms with Crippen LogP contribution in [0, 0.1) is 29.0 Å². The van der Waals surface area contributed by atoms with E-state index in [1.54, 1.807) is 24.0 Å². The maximum absolute atomic E-state index is 13.4. The van der Waals surface area contributed by atoms with Crippen LogP contribution in [-0.2, 0) is 13.6 Å². The second kappa shape index (κ2) is 7.85. The van der Waals surface area contributed by atoms with Crippen LogP contribution in [0.25, 0.3) is 16.7 Å². The lowest BCUT2D eigenvalue weighted by Gasteiger charge is -2.04. The van der Waals surface area contributed by atoms with E-state index in [2.05, 4.69) is 26.2 Å². The number of allylic oxidation sites excluding steroid dienone is 2. The van der Waals surface area contributed by atoms with Crippen LogP contribution in [0.15, 0.2) is 52.6 Å². The lowest BCUT2D eigenvalue weighted by atomic mass is 10.0. The molecule has 1 aromatic carbocycles. The van der Waals surface area contributed by atoms with E-state index in [4.69, 9.17) is 9.78 Å². The maximum Gasteiger partial charge on any atom is 0.280 e. The zero-order chi connectivity index (χ0) is 22.2. The molecular formula is C22H18FN7O2. The minimum Gasteiger partial charge on any atom is -0.338 e. The van der Waals surface area contributed by atoms with Crippen molar-refractivity contribution in [2.24, 2.45) is 18.9 Å². The Labute approximate surface area is 181 Å². The Morgan fingerprint density at radius 3 is 2.81 bits per heavy atom. The predicted molar refractivity (Wildman–Crippen MR) is 111 cm³/mol. The van der Waals surface area contributed by atoms with Crippen molar-refractivity contribution in [2.75, 3.05) is 0 Å². The Morgan fingerprint density at radius 2 is 2.12 bits per heavy atom. The zero-order valence-corrected chi connectivity index (χ0v) is 17.1. The minimum absolute atomic E-state index is 0.127. The summed E-state index contributed by atoms with van der Waals surface area (Å²) >= 11 is 0. The van der Waals surface area contributed by atoms with Gasteiger partial charge in [-0.1, -0.05) is 17.3 Å². The average Bonchev–Trinajstić information content (AvgIpc) is 3.18. The Morgan fingerprint density at radius 1 is 1.28 bits per heavy atom. The summed E-state index contributed by atoms with van der Waals surface area (Å²) in [6.45, 7) is 0.201. The summed E-state index contributed by atoms with van der Waals surface area (Å²) in [6, 6.07) is 6.73. The van der Waals surface area contributed by atoms with E-state index in [1.807, 2.05) is 12.1 Å². The van der Waals surface area contributed by atoms with Gasteiger partial charge in [0.1, 0.15) is 24.8 Å². The fourth-order valence-electron chi connectivity index (χ4n) is 3.93. The zero-order valence-electron chi connectivity index (χ0n) is 17.1. The number of hydrogen-bond donors (Lipinski definition) is 0. The number of imidazole rings is 1. The lowest BCUT2D eigenvalue weighted by Crippen LogP contribution is -2.22. The number of hydrogen-bond acceptors (Lipinski definition) is 7. The first kappa shape index (κ1) is 19.8. The molecule has 0 amide bonds. The molecule has 9 nitrogen and oxygen atoms in total. The Hall–Kier alpha value is -4.13. The summed E-state index contributed by atoms with van der Waals surface area (Å²) in [5, 5.41) is 12.1. The Bertz CT molecular complexity index is 1430. The van der Waals surface area contributed by atoms with Crippen molar-refractivity contribution in [1.82, 2.24) is 29.2 Å². The van der Waals surface area contributed by atoms with Crippen molar-refractivity contribution in [3.05, 3.63) is 76.4 Å². The van der Waals surface area contributed by atoms with Crippen LogP contribution in [0.5, 0.6) is 0 Å². The fourth-order valence-corrected chi connectivity index (χ4v) is 3.93. The van der Waals surface area contributed by atoms with Gasteiger partial charge < -0.3 is 9.09 Å². The third-order valence-corrected chi connectivity index (χ3v) is 5.75. The van der Waals surface area contributed by atoms with Gasteiger partial charge >= 0.3 is 0 Å². The van der Waals surface area contributed by atoms with Crippen LogP contribution in [0.3, 0.4) is 0 Å². The third-order valence-electron chi connectivity index (χ3n) is 5.75. The molecule has 4 aromatic rings. The average molecular weight is 431 g/mol. The number of nitrogens with zero attached hydrogens (tertiary/aromatic N) is 7. The molecule has 160 valence electrons. The van der Waals surface area contributed by atoms with Crippen molar-refractivity contribution in [2.45, 2.75) is 19.4 Å². The molecular weight excluding hydrogens is 413 g/mol. The highest BCUT2D eigenvalue weighted by molar-refractivity contribution is 5.70. The van der Waals surface area contributed by atoms with E-state index < -0.39 is 5.82 Å². The topological polar surface area (TPSA) is 115 Å². The molecule has 0 radical (unpaired) electrons. The standard InChI is InChI=1S/C13H10FN.C9H8N6O2/c14-13-6-8(1-2-9(13)7-15)10-3-11-5-12(11)4-10;1-14-4-11-8-7(14)9(16)15(5-12-8)2-6-10-3-13-17-6/h1-3,6,11-12H,4-5H2;3-5H,2H2,1H3/t11-,12+;/m1./s1. The van der Waals surface area contributed by atoms with Gasteiger partial charge in [-0.05, 0) is 47.9 Å². The monoisotopic (exact) mass is 431 g/mol. The van der Waals surface area contributed by atoms with Gasteiger partial charge in [-0.25, -0.2) is 14.4 Å². The molecule has 1 saturated carbocycles. The van der Waals surface area contributed by atoms with E-state index in [1.165, 1.54) is 35.3 Å². The molecule has 0 spiro atoms. The third kappa shape index (κ3) is 3.69. The van der Waals surface area contributed by atoms with Crippen LogP contribution >= 0.6 is 0 Å². The number of halogens is 1. The van der Waals surface area contributed by atoms with Gasteiger partial charge in [0.25, 0.3) is 5.56 Å². The van der Waals surface area contributed by atoms with Gasteiger partial charge in [0.05, 0.1) is 11.9 Å². The summed E-state index contributed by atoms with van der Waals surface area (Å²) in [5.74, 6) is 1.52. The summed E-state index contributed by atoms with van der Waals surface area (Å²) in [4.78, 5) is 24.1. The van der Waals surface area contributed by atoms with E-state index in [0.29, 0.717) is 17.1 Å². The van der Waals surface area contributed by atoms with Crippen molar-refractivity contribution in [3.63, 3.8) is 0 Å². The van der Waals surface area contributed by atoms with Gasteiger partial charge in [0.15, 0.2) is 17.5 Å². The van der Waals surface area contributed by atoms with E-state index in [0.717, 1.165) is 23.8 Å². The highest BCUT2D eigenvalue weighted by atomic mass is 19.1. The van der Waals surface area contributed by atoms with Gasteiger partial charge in [-0.3, -0.25) is 9.36 Å². The number of benzene rings is 1. The minimum atomic E-state index is -0.406. The molecule has 2 aliphatic rings. The predicted octanol–water partition coefficient (Wildman–Crippen LogP) is 2.68. The summed E-state index contributed by atoms with van der Waals surface area (Å²) in [6.07, 6.45) is 8.90. The highest BCUT2D eigenvalue weighted by Gasteiger charge is 2.40. The van der Waals surface area contributed by atoms with Crippen molar-refractivity contribution < 1.29 is 8.91 Å². The molecule has 3 heterocycles. The maximum atomic E-state index is 13.4.